The lowest BCUT2D eigenvalue weighted by atomic mass is 11.7. The van der Waals surface area contributed by atoms with E-state index in [1.54, 1.807) is 0 Å². The van der Waals surface area contributed by atoms with Gasteiger partial charge in [0.25, 0.3) is 0 Å². The average molecular weight is 165 g/mol. The molecule has 0 saturated carbocycles. The zero-order chi connectivity index (χ0) is 8.04. The molecule has 0 heterocycles. The molecule has 0 aromatic heterocycles. The summed E-state index contributed by atoms with van der Waals surface area (Å²) in [7, 11) is 1.54. The maximum absolute atomic E-state index is 8.16. The van der Waals surface area contributed by atoms with Gasteiger partial charge in [-0.15, -0.1) is 0 Å². The maximum atomic E-state index is 8.16. The minimum Gasteiger partial charge on any atom is -0.411 e. The van der Waals surface area contributed by atoms with Gasteiger partial charge >= 0.3 is 8.80 Å². The van der Waals surface area contributed by atoms with Gasteiger partial charge in [-0.3, -0.25) is 0 Å². The molecule has 0 unspecified atom stereocenters. The molecular weight excluding hydrogens is 154 g/mol. The summed E-state index contributed by atoms with van der Waals surface area (Å²) in [5, 5.41) is 10.9. The number of rotatable bonds is 4. The van der Waals surface area contributed by atoms with Gasteiger partial charge in [0.15, 0.2) is 0 Å². The molecule has 0 spiro atoms. The summed E-state index contributed by atoms with van der Waals surface area (Å²) in [6.07, 6.45) is 0. The fraction of sp³-hybridized carbons (Fsp3) is 0.750. The van der Waals surface area contributed by atoms with Crippen LogP contribution in [0.3, 0.4) is 0 Å². The Morgan fingerprint density at radius 1 is 1.20 bits per heavy atom. The van der Waals surface area contributed by atoms with Crippen molar-refractivity contribution in [3.8, 4) is 0 Å². The van der Waals surface area contributed by atoms with E-state index in [1.165, 1.54) is 21.3 Å². The van der Waals surface area contributed by atoms with Gasteiger partial charge in [-0.25, -0.2) is 0 Å². The van der Waals surface area contributed by atoms with Crippen LogP contribution in [-0.4, -0.2) is 41.2 Å². The first-order valence-electron chi connectivity index (χ1n) is 2.58. The summed E-state index contributed by atoms with van der Waals surface area (Å²) < 4.78 is 14.6. The van der Waals surface area contributed by atoms with Gasteiger partial charge in [0.2, 0.25) is 0 Å². The zero-order valence-electron chi connectivity index (χ0n) is 6.20. The molecule has 0 aliphatic heterocycles. The molecule has 0 rings (SSSR count). The highest BCUT2D eigenvalue weighted by Crippen LogP contribution is 2.00. The molecule has 0 aromatic carbocycles. The van der Waals surface area contributed by atoms with Crippen LogP contribution in [0.25, 0.3) is 0 Å². The molecule has 0 aromatic rings. The first kappa shape index (κ1) is 9.57. The lowest BCUT2D eigenvalue weighted by Gasteiger charge is -2.18. The zero-order valence-corrected chi connectivity index (χ0v) is 7.20. The maximum Gasteiger partial charge on any atom is 0.551 e. The third-order valence-electron chi connectivity index (χ3n) is 1.07. The SMILES string of the molecule is CO[Si](C=NO)(OC)OC. The summed E-state index contributed by atoms with van der Waals surface area (Å²) in [4.78, 5) is 0. The minimum atomic E-state index is -2.76. The lowest BCUT2D eigenvalue weighted by Crippen LogP contribution is -2.45. The molecule has 0 aliphatic rings. The van der Waals surface area contributed by atoms with Crippen molar-refractivity contribution in [1.29, 1.82) is 0 Å². The number of hydrogen-bond donors (Lipinski definition) is 1. The molecule has 6 heteroatoms. The molecule has 60 valence electrons. The van der Waals surface area contributed by atoms with Crippen LogP contribution < -0.4 is 0 Å². The Balaban J connectivity index is 4.15. The largest absolute Gasteiger partial charge is 0.551 e. The van der Waals surface area contributed by atoms with E-state index in [0.717, 1.165) is 5.84 Å². The number of oxime groups is 1. The fourth-order valence-corrected chi connectivity index (χ4v) is 1.44. The van der Waals surface area contributed by atoms with Crippen molar-refractivity contribution in [2.75, 3.05) is 21.3 Å². The minimum absolute atomic E-state index is 1.13. The van der Waals surface area contributed by atoms with E-state index in [4.69, 9.17) is 18.5 Å². The van der Waals surface area contributed by atoms with Crippen molar-refractivity contribution < 1.29 is 18.5 Å². The van der Waals surface area contributed by atoms with E-state index < -0.39 is 8.80 Å². The molecule has 1 N–H and O–H groups in total. The van der Waals surface area contributed by atoms with Crippen molar-refractivity contribution in [2.45, 2.75) is 0 Å². The van der Waals surface area contributed by atoms with E-state index >= 15 is 0 Å². The smallest absolute Gasteiger partial charge is 0.411 e. The third-order valence-corrected chi connectivity index (χ3v) is 3.21. The van der Waals surface area contributed by atoms with Crippen LogP contribution in [0, 0.1) is 0 Å². The van der Waals surface area contributed by atoms with Crippen LogP contribution in [0.15, 0.2) is 5.16 Å². The average Bonchev–Trinajstić information content (AvgIpc) is 2.01. The quantitative estimate of drug-likeness (QED) is 0.273. The van der Waals surface area contributed by atoms with Crippen LogP contribution in [-0.2, 0) is 13.3 Å². The molecular formula is C4H11NO4Si. The summed E-state index contributed by atoms with van der Waals surface area (Å²) in [5.41, 5.74) is 0. The second kappa shape index (κ2) is 4.39. The van der Waals surface area contributed by atoms with Gasteiger partial charge in [-0.2, -0.15) is 0 Å². The number of hydrogen-bond acceptors (Lipinski definition) is 5. The standard InChI is InChI=1S/C4H11NO4Si/c1-7-10(8-2,9-3)4-5-6/h4,6H,1-3H3. The highest BCUT2D eigenvalue weighted by atomic mass is 28.4. The summed E-state index contributed by atoms with van der Waals surface area (Å²) in [5.74, 6) is 1.13. The monoisotopic (exact) mass is 165 g/mol. The van der Waals surface area contributed by atoms with Gasteiger partial charge in [0.1, 0.15) is 5.84 Å². The van der Waals surface area contributed by atoms with Crippen molar-refractivity contribution >= 4 is 14.6 Å². The molecule has 5 nitrogen and oxygen atoms in total. The van der Waals surface area contributed by atoms with Gasteiger partial charge in [-0.05, 0) is 0 Å². The van der Waals surface area contributed by atoms with Gasteiger partial charge in [-0.1, -0.05) is 5.16 Å². The van der Waals surface area contributed by atoms with Crippen LogP contribution in [0.5, 0.6) is 0 Å². The normalized spacial score (nSPS) is 12.7. The molecule has 0 atom stereocenters. The first-order chi connectivity index (χ1) is 4.74. The lowest BCUT2D eigenvalue weighted by molar-refractivity contribution is 0.145. The summed E-state index contributed by atoms with van der Waals surface area (Å²) in [6, 6.07) is 0. The summed E-state index contributed by atoms with van der Waals surface area (Å²) >= 11 is 0. The molecule has 0 amide bonds. The van der Waals surface area contributed by atoms with Crippen LogP contribution >= 0.6 is 0 Å². The Hall–Kier alpha value is -0.433. The van der Waals surface area contributed by atoms with E-state index in [2.05, 4.69) is 5.16 Å². The Morgan fingerprint density at radius 3 is 1.70 bits per heavy atom. The fourth-order valence-electron chi connectivity index (χ4n) is 0.479. The van der Waals surface area contributed by atoms with Gasteiger partial charge in [0.05, 0.1) is 0 Å². The topological polar surface area (TPSA) is 60.3 Å². The van der Waals surface area contributed by atoms with E-state index in [1.807, 2.05) is 0 Å². The van der Waals surface area contributed by atoms with Gasteiger partial charge in [0, 0.05) is 21.3 Å². The highest BCUT2D eigenvalue weighted by Gasteiger charge is 2.36. The van der Waals surface area contributed by atoms with Crippen molar-refractivity contribution in [2.24, 2.45) is 5.16 Å². The predicted molar refractivity (Wildman–Crippen MR) is 37.1 cm³/mol. The van der Waals surface area contributed by atoms with Crippen LogP contribution in [0.4, 0.5) is 0 Å². The second-order valence-corrected chi connectivity index (χ2v) is 4.15. The van der Waals surface area contributed by atoms with Crippen molar-refractivity contribution in [3.05, 3.63) is 0 Å². The van der Waals surface area contributed by atoms with Crippen molar-refractivity contribution in [3.63, 3.8) is 0 Å². The Bertz CT molecular complexity index is 106. The predicted octanol–water partition coefficient (Wildman–Crippen LogP) is -0.136. The Kier molecular flexibility index (Phi) is 4.20. The van der Waals surface area contributed by atoms with E-state index in [9.17, 15) is 0 Å². The Morgan fingerprint density at radius 2 is 1.60 bits per heavy atom. The second-order valence-electron chi connectivity index (χ2n) is 1.46. The van der Waals surface area contributed by atoms with Crippen molar-refractivity contribution in [1.82, 2.24) is 0 Å². The van der Waals surface area contributed by atoms with Gasteiger partial charge < -0.3 is 18.5 Å². The number of nitrogens with zero attached hydrogens (tertiary/aromatic N) is 1. The van der Waals surface area contributed by atoms with E-state index in [0.29, 0.717) is 0 Å². The molecule has 0 bridgehead atoms. The highest BCUT2D eigenvalue weighted by molar-refractivity contribution is 6.87. The molecule has 0 aliphatic carbocycles. The third kappa shape index (κ3) is 2.07. The summed E-state index contributed by atoms with van der Waals surface area (Å²) in [6.45, 7) is 0. The molecule has 0 radical (unpaired) electrons. The molecule has 0 fully saturated rings. The van der Waals surface area contributed by atoms with Crippen LogP contribution in [0.1, 0.15) is 0 Å². The van der Waals surface area contributed by atoms with E-state index in [-0.39, 0.29) is 0 Å². The molecule has 10 heavy (non-hydrogen) atoms. The molecule has 0 saturated heterocycles. The Labute approximate surface area is 60.6 Å². The van der Waals surface area contributed by atoms with Crippen LogP contribution in [0.2, 0.25) is 0 Å². The first-order valence-corrected chi connectivity index (χ1v) is 4.39.